The van der Waals surface area contributed by atoms with Crippen LogP contribution in [-0.2, 0) is 11.2 Å². The zero-order valence-electron chi connectivity index (χ0n) is 16.2. The van der Waals surface area contributed by atoms with E-state index in [0.29, 0.717) is 16.6 Å². The molecule has 1 heterocycles. The molecule has 3 rings (SSSR count). The second-order valence-corrected chi connectivity index (χ2v) is 7.00. The van der Waals surface area contributed by atoms with Gasteiger partial charge in [-0.15, -0.1) is 11.3 Å². The number of amides is 1. The smallest absolute Gasteiger partial charge is 0.230 e. The normalized spacial score (nSPS) is 10.4. The molecule has 0 spiro atoms. The summed E-state index contributed by atoms with van der Waals surface area (Å²) in [4.78, 5) is 17.0. The third kappa shape index (κ3) is 4.43. The Labute approximate surface area is 168 Å². The van der Waals surface area contributed by atoms with Gasteiger partial charge >= 0.3 is 0 Å². The molecule has 0 bridgehead atoms. The summed E-state index contributed by atoms with van der Waals surface area (Å²) in [7, 11) is 4.79. The lowest BCUT2D eigenvalue weighted by Gasteiger charge is -2.10. The Morgan fingerprint density at radius 2 is 1.79 bits per heavy atom. The van der Waals surface area contributed by atoms with Gasteiger partial charge in [-0.25, -0.2) is 4.98 Å². The number of benzene rings is 2. The Morgan fingerprint density at radius 1 is 1.04 bits per heavy atom. The quantitative estimate of drug-likeness (QED) is 0.642. The summed E-state index contributed by atoms with van der Waals surface area (Å²) >= 11 is 1.37. The Morgan fingerprint density at radius 3 is 2.50 bits per heavy atom. The highest BCUT2D eigenvalue weighted by Gasteiger charge is 2.14. The van der Waals surface area contributed by atoms with Crippen LogP contribution >= 0.6 is 11.3 Å². The number of methoxy groups -OCH3 is 3. The average molecular weight is 398 g/mol. The summed E-state index contributed by atoms with van der Waals surface area (Å²) in [6.07, 6.45) is 0.156. The molecule has 1 amide bonds. The minimum absolute atomic E-state index is 0.156. The van der Waals surface area contributed by atoms with Crippen molar-refractivity contribution in [2.45, 2.75) is 13.3 Å². The molecule has 0 saturated carbocycles. The van der Waals surface area contributed by atoms with Crippen LogP contribution in [0.15, 0.2) is 41.8 Å². The van der Waals surface area contributed by atoms with Crippen molar-refractivity contribution in [3.05, 3.63) is 52.9 Å². The maximum Gasteiger partial charge on any atom is 0.230 e. The predicted molar refractivity (Wildman–Crippen MR) is 111 cm³/mol. The van der Waals surface area contributed by atoms with Crippen molar-refractivity contribution in [3.63, 3.8) is 0 Å². The van der Waals surface area contributed by atoms with Gasteiger partial charge in [-0.1, -0.05) is 11.6 Å². The molecule has 3 aromatic rings. The molecule has 0 unspecified atom stereocenters. The van der Waals surface area contributed by atoms with Gasteiger partial charge in [0, 0.05) is 16.5 Å². The number of thiazole rings is 1. The third-order valence-electron chi connectivity index (χ3n) is 4.22. The van der Waals surface area contributed by atoms with Crippen molar-refractivity contribution in [2.24, 2.45) is 0 Å². The number of nitrogens with one attached hydrogen (secondary N) is 1. The number of anilines is 1. The Balaban J connectivity index is 1.76. The Bertz CT molecular complexity index is 984. The molecule has 0 aliphatic carbocycles. The van der Waals surface area contributed by atoms with Gasteiger partial charge in [0.05, 0.1) is 33.4 Å². The number of carbonyl (C=O) groups excluding carboxylic acids is 1. The number of carbonyl (C=O) groups is 1. The van der Waals surface area contributed by atoms with E-state index < -0.39 is 0 Å². The predicted octanol–water partition coefficient (Wildman–Crippen LogP) is 4.33. The third-order valence-corrected chi connectivity index (χ3v) is 4.98. The molecule has 146 valence electrons. The summed E-state index contributed by atoms with van der Waals surface area (Å²) in [5.74, 6) is 1.88. The van der Waals surface area contributed by atoms with Crippen molar-refractivity contribution in [1.29, 1.82) is 0 Å². The number of rotatable bonds is 7. The first-order chi connectivity index (χ1) is 13.5. The number of aromatic nitrogens is 1. The van der Waals surface area contributed by atoms with Crippen LogP contribution < -0.4 is 19.5 Å². The minimum Gasteiger partial charge on any atom is -0.497 e. The van der Waals surface area contributed by atoms with Gasteiger partial charge in [0.1, 0.15) is 17.2 Å². The van der Waals surface area contributed by atoms with E-state index in [9.17, 15) is 4.79 Å². The van der Waals surface area contributed by atoms with Gasteiger partial charge < -0.3 is 19.5 Å². The molecule has 0 radical (unpaired) electrons. The fraction of sp³-hybridized carbons (Fsp3) is 0.238. The summed E-state index contributed by atoms with van der Waals surface area (Å²) in [5, 5.41) is 5.29. The highest BCUT2D eigenvalue weighted by molar-refractivity contribution is 7.14. The standard InChI is InChI=1S/C21H22N2O4S/c1-13-5-7-19(27-4)16(9-13)17-12-28-21(22-17)23-20(24)11-14-10-15(25-2)6-8-18(14)26-3/h5-10,12H,11H2,1-4H3,(H,22,23,24). The monoisotopic (exact) mass is 398 g/mol. The van der Waals surface area contributed by atoms with Crippen molar-refractivity contribution >= 4 is 22.4 Å². The zero-order chi connectivity index (χ0) is 20.1. The summed E-state index contributed by atoms with van der Waals surface area (Å²) in [6.45, 7) is 2.01. The van der Waals surface area contributed by atoms with E-state index in [-0.39, 0.29) is 12.3 Å². The van der Waals surface area contributed by atoms with Crippen molar-refractivity contribution in [2.75, 3.05) is 26.6 Å². The topological polar surface area (TPSA) is 69.7 Å². The van der Waals surface area contributed by atoms with E-state index in [2.05, 4.69) is 10.3 Å². The van der Waals surface area contributed by atoms with Crippen LogP contribution in [-0.4, -0.2) is 32.2 Å². The summed E-state index contributed by atoms with van der Waals surface area (Å²) < 4.78 is 16.0. The van der Waals surface area contributed by atoms with E-state index in [1.54, 1.807) is 39.5 Å². The molecule has 6 nitrogen and oxygen atoms in total. The SMILES string of the molecule is COc1ccc(OC)c(CC(=O)Nc2nc(-c3cc(C)ccc3OC)cs2)c1. The van der Waals surface area contributed by atoms with Gasteiger partial charge in [0.2, 0.25) is 5.91 Å². The first kappa shape index (κ1) is 19.7. The second kappa shape index (κ2) is 8.75. The molecule has 28 heavy (non-hydrogen) atoms. The van der Waals surface area contributed by atoms with Gasteiger partial charge in [-0.2, -0.15) is 0 Å². The molecule has 0 aliphatic rings. The van der Waals surface area contributed by atoms with Gasteiger partial charge in [-0.05, 0) is 37.3 Å². The lowest BCUT2D eigenvalue weighted by Crippen LogP contribution is -2.14. The molecule has 1 aromatic heterocycles. The fourth-order valence-electron chi connectivity index (χ4n) is 2.83. The van der Waals surface area contributed by atoms with Crippen LogP contribution in [0.5, 0.6) is 17.2 Å². The highest BCUT2D eigenvalue weighted by Crippen LogP contribution is 2.33. The number of hydrogen-bond acceptors (Lipinski definition) is 6. The molecule has 0 atom stereocenters. The van der Waals surface area contributed by atoms with E-state index in [0.717, 1.165) is 28.1 Å². The molecule has 2 aromatic carbocycles. The molecule has 7 heteroatoms. The molecular weight excluding hydrogens is 376 g/mol. The van der Waals surface area contributed by atoms with E-state index >= 15 is 0 Å². The first-order valence-electron chi connectivity index (χ1n) is 8.65. The van der Waals surface area contributed by atoms with E-state index in [1.165, 1.54) is 11.3 Å². The van der Waals surface area contributed by atoms with Gasteiger partial charge in [0.25, 0.3) is 0 Å². The van der Waals surface area contributed by atoms with Crippen LogP contribution in [0.1, 0.15) is 11.1 Å². The summed E-state index contributed by atoms with van der Waals surface area (Å²) in [6, 6.07) is 11.3. The Kier molecular flexibility index (Phi) is 6.16. The molecular formula is C21H22N2O4S. The van der Waals surface area contributed by atoms with Gasteiger partial charge in [-0.3, -0.25) is 4.79 Å². The largest absolute Gasteiger partial charge is 0.497 e. The minimum atomic E-state index is -0.177. The zero-order valence-corrected chi connectivity index (χ0v) is 17.1. The van der Waals surface area contributed by atoms with E-state index in [1.807, 2.05) is 30.5 Å². The van der Waals surface area contributed by atoms with Gasteiger partial charge in [0.15, 0.2) is 5.13 Å². The molecule has 0 fully saturated rings. The maximum atomic E-state index is 12.5. The number of ether oxygens (including phenoxy) is 3. The number of aryl methyl sites for hydroxylation is 1. The van der Waals surface area contributed by atoms with Crippen molar-refractivity contribution < 1.29 is 19.0 Å². The second-order valence-electron chi connectivity index (χ2n) is 6.14. The fourth-order valence-corrected chi connectivity index (χ4v) is 3.56. The number of nitrogens with zero attached hydrogens (tertiary/aromatic N) is 1. The molecule has 0 aliphatic heterocycles. The lowest BCUT2D eigenvalue weighted by atomic mass is 10.1. The van der Waals surface area contributed by atoms with Crippen LogP contribution in [0.4, 0.5) is 5.13 Å². The Hall–Kier alpha value is -3.06. The highest BCUT2D eigenvalue weighted by atomic mass is 32.1. The van der Waals surface area contributed by atoms with E-state index in [4.69, 9.17) is 14.2 Å². The average Bonchev–Trinajstić information content (AvgIpc) is 3.16. The molecule has 1 N–H and O–H groups in total. The van der Waals surface area contributed by atoms with Crippen molar-refractivity contribution in [3.8, 4) is 28.5 Å². The molecule has 0 saturated heterocycles. The van der Waals surface area contributed by atoms with Crippen LogP contribution in [0.3, 0.4) is 0 Å². The van der Waals surface area contributed by atoms with Crippen LogP contribution in [0.2, 0.25) is 0 Å². The maximum absolute atomic E-state index is 12.5. The summed E-state index contributed by atoms with van der Waals surface area (Å²) in [5.41, 5.74) is 3.52. The van der Waals surface area contributed by atoms with Crippen LogP contribution in [0.25, 0.3) is 11.3 Å². The lowest BCUT2D eigenvalue weighted by molar-refractivity contribution is -0.115. The van der Waals surface area contributed by atoms with Crippen LogP contribution in [0, 0.1) is 6.92 Å². The first-order valence-corrected chi connectivity index (χ1v) is 9.53. The van der Waals surface area contributed by atoms with Crippen molar-refractivity contribution in [1.82, 2.24) is 4.98 Å². The number of hydrogen-bond donors (Lipinski definition) is 1.